The molecule has 2 rings (SSSR count). The van der Waals surface area contributed by atoms with Crippen molar-refractivity contribution in [2.24, 2.45) is 4.99 Å². The predicted molar refractivity (Wildman–Crippen MR) is 110 cm³/mol. The van der Waals surface area contributed by atoms with Crippen molar-refractivity contribution in [3.63, 3.8) is 0 Å². The molecule has 0 aromatic heterocycles. The Morgan fingerprint density at radius 1 is 1.11 bits per heavy atom. The van der Waals surface area contributed by atoms with Gasteiger partial charge in [0.1, 0.15) is 6.10 Å². The molecule has 2 heterocycles. The van der Waals surface area contributed by atoms with Gasteiger partial charge >= 0.3 is 0 Å². The van der Waals surface area contributed by atoms with Crippen molar-refractivity contribution in [2.75, 3.05) is 66.0 Å². The zero-order chi connectivity index (χ0) is 19.5. The van der Waals surface area contributed by atoms with Gasteiger partial charge in [-0.25, -0.2) is 0 Å². The Labute approximate surface area is 165 Å². The molecule has 0 aromatic rings. The quantitative estimate of drug-likeness (QED) is 0.372. The number of carbonyl (C=O) groups excluding carboxylic acids is 1. The molecule has 0 saturated carbocycles. The van der Waals surface area contributed by atoms with Crippen LogP contribution in [0.4, 0.5) is 0 Å². The number of amides is 1. The second kappa shape index (κ2) is 12.2. The Morgan fingerprint density at radius 3 is 2.33 bits per heavy atom. The minimum atomic E-state index is -0.205. The van der Waals surface area contributed by atoms with Gasteiger partial charge in [-0.1, -0.05) is 13.8 Å². The van der Waals surface area contributed by atoms with E-state index < -0.39 is 0 Å². The molecule has 2 aliphatic rings. The number of piperazine rings is 1. The van der Waals surface area contributed by atoms with Gasteiger partial charge in [-0.15, -0.1) is 0 Å². The number of carbonyl (C=O) groups is 1. The number of guanidine groups is 1. The highest BCUT2D eigenvalue weighted by Crippen LogP contribution is 2.16. The van der Waals surface area contributed by atoms with E-state index >= 15 is 0 Å². The summed E-state index contributed by atoms with van der Waals surface area (Å²) in [6.45, 7) is 12.8. The molecule has 0 spiro atoms. The van der Waals surface area contributed by atoms with Gasteiger partial charge in [0.25, 0.3) is 5.91 Å². The second-order valence-corrected chi connectivity index (χ2v) is 7.48. The molecule has 7 heteroatoms. The third kappa shape index (κ3) is 6.96. The number of rotatable bonds is 9. The van der Waals surface area contributed by atoms with E-state index in [1.54, 1.807) is 0 Å². The van der Waals surface area contributed by atoms with Crippen LogP contribution in [0.2, 0.25) is 0 Å². The fourth-order valence-electron chi connectivity index (χ4n) is 3.92. The second-order valence-electron chi connectivity index (χ2n) is 7.48. The molecule has 156 valence electrons. The molecule has 1 unspecified atom stereocenters. The lowest BCUT2D eigenvalue weighted by Gasteiger charge is -2.37. The van der Waals surface area contributed by atoms with Crippen LogP contribution in [-0.4, -0.2) is 98.7 Å². The number of nitrogens with zero attached hydrogens (tertiary/aromatic N) is 4. The van der Waals surface area contributed by atoms with Gasteiger partial charge < -0.3 is 24.8 Å². The summed E-state index contributed by atoms with van der Waals surface area (Å²) in [5.41, 5.74) is 0. The number of ether oxygens (including phenoxy) is 1. The molecule has 7 nitrogen and oxygen atoms in total. The van der Waals surface area contributed by atoms with E-state index in [0.29, 0.717) is 0 Å². The van der Waals surface area contributed by atoms with Crippen molar-refractivity contribution < 1.29 is 9.53 Å². The molecule has 1 amide bonds. The minimum absolute atomic E-state index is 0.169. The van der Waals surface area contributed by atoms with Gasteiger partial charge in [-0.05, 0) is 51.7 Å². The smallest absolute Gasteiger partial charge is 0.251 e. The summed E-state index contributed by atoms with van der Waals surface area (Å²) in [6.07, 6.45) is 5.21. The first-order valence-corrected chi connectivity index (χ1v) is 10.8. The summed E-state index contributed by atoms with van der Waals surface area (Å²) in [4.78, 5) is 23.6. The molecule has 2 saturated heterocycles. The Hall–Kier alpha value is -1.34. The maximum Gasteiger partial charge on any atom is 0.251 e. The van der Waals surface area contributed by atoms with Gasteiger partial charge in [-0.2, -0.15) is 0 Å². The molecule has 0 aromatic carbocycles. The van der Waals surface area contributed by atoms with E-state index in [0.717, 1.165) is 71.1 Å². The monoisotopic (exact) mass is 381 g/mol. The van der Waals surface area contributed by atoms with Crippen LogP contribution in [0.3, 0.4) is 0 Å². The zero-order valence-corrected chi connectivity index (χ0v) is 17.6. The summed E-state index contributed by atoms with van der Waals surface area (Å²) < 4.78 is 5.54. The summed E-state index contributed by atoms with van der Waals surface area (Å²) in [6, 6.07) is 0. The summed E-state index contributed by atoms with van der Waals surface area (Å²) in [7, 11) is 1.84. The first kappa shape index (κ1) is 22.0. The van der Waals surface area contributed by atoms with Crippen molar-refractivity contribution >= 4 is 11.9 Å². The minimum Gasteiger partial charge on any atom is -0.368 e. The lowest BCUT2D eigenvalue weighted by atomic mass is 10.2. The summed E-state index contributed by atoms with van der Waals surface area (Å²) >= 11 is 0. The Kier molecular flexibility index (Phi) is 9.91. The highest BCUT2D eigenvalue weighted by molar-refractivity contribution is 5.82. The van der Waals surface area contributed by atoms with Crippen molar-refractivity contribution in [3.05, 3.63) is 0 Å². The van der Waals surface area contributed by atoms with Crippen LogP contribution in [0.5, 0.6) is 0 Å². The standard InChI is InChI=1S/C20H39N5O2/c1-4-10-23(11-5-2)12-7-9-22-20(21-3)25-15-13-24(14-16-25)19(26)18-8-6-17-27-18/h18H,4-17H2,1-3H3,(H,21,22). The zero-order valence-electron chi connectivity index (χ0n) is 17.6. The fourth-order valence-corrected chi connectivity index (χ4v) is 3.92. The van der Waals surface area contributed by atoms with Crippen molar-refractivity contribution in [2.45, 2.75) is 52.1 Å². The number of nitrogens with one attached hydrogen (secondary N) is 1. The summed E-state index contributed by atoms with van der Waals surface area (Å²) in [5.74, 6) is 1.12. The van der Waals surface area contributed by atoms with E-state index in [4.69, 9.17) is 4.74 Å². The van der Waals surface area contributed by atoms with E-state index in [1.165, 1.54) is 25.9 Å². The van der Waals surface area contributed by atoms with Crippen LogP contribution >= 0.6 is 0 Å². The van der Waals surface area contributed by atoms with Gasteiger partial charge in [0.15, 0.2) is 5.96 Å². The van der Waals surface area contributed by atoms with Gasteiger partial charge in [0.05, 0.1) is 0 Å². The van der Waals surface area contributed by atoms with E-state index in [2.05, 4.69) is 34.0 Å². The number of aliphatic imine (C=N–C) groups is 1. The van der Waals surface area contributed by atoms with E-state index in [-0.39, 0.29) is 12.0 Å². The topological polar surface area (TPSA) is 60.4 Å². The Bertz CT molecular complexity index is 451. The average molecular weight is 382 g/mol. The Morgan fingerprint density at radius 2 is 1.78 bits per heavy atom. The SMILES string of the molecule is CCCN(CCC)CCCNC(=NC)N1CCN(C(=O)C2CCCO2)CC1. The largest absolute Gasteiger partial charge is 0.368 e. The van der Waals surface area contributed by atoms with Crippen molar-refractivity contribution in [3.8, 4) is 0 Å². The number of hydrogen-bond acceptors (Lipinski definition) is 4. The van der Waals surface area contributed by atoms with Gasteiger partial charge in [0, 0.05) is 46.4 Å². The molecule has 1 N–H and O–H groups in total. The van der Waals surface area contributed by atoms with E-state index in [9.17, 15) is 4.79 Å². The maximum absolute atomic E-state index is 12.5. The van der Waals surface area contributed by atoms with Crippen LogP contribution in [0, 0.1) is 0 Å². The molecule has 27 heavy (non-hydrogen) atoms. The molecular formula is C20H39N5O2. The lowest BCUT2D eigenvalue weighted by Crippen LogP contribution is -2.55. The third-order valence-corrected chi connectivity index (χ3v) is 5.32. The van der Waals surface area contributed by atoms with Crippen LogP contribution in [-0.2, 0) is 9.53 Å². The molecule has 0 aliphatic carbocycles. The number of hydrogen-bond donors (Lipinski definition) is 1. The third-order valence-electron chi connectivity index (χ3n) is 5.32. The predicted octanol–water partition coefficient (Wildman–Crippen LogP) is 1.40. The van der Waals surface area contributed by atoms with Crippen LogP contribution in [0.15, 0.2) is 4.99 Å². The molecular weight excluding hydrogens is 342 g/mol. The lowest BCUT2D eigenvalue weighted by molar-refractivity contribution is -0.142. The first-order chi connectivity index (χ1) is 13.2. The first-order valence-electron chi connectivity index (χ1n) is 10.8. The molecule has 0 bridgehead atoms. The fraction of sp³-hybridized carbons (Fsp3) is 0.900. The molecule has 0 radical (unpaired) electrons. The molecule has 2 aliphatic heterocycles. The van der Waals surface area contributed by atoms with Crippen molar-refractivity contribution in [1.29, 1.82) is 0 Å². The highest BCUT2D eigenvalue weighted by atomic mass is 16.5. The molecule has 2 fully saturated rings. The summed E-state index contributed by atoms with van der Waals surface area (Å²) in [5, 5.41) is 3.50. The maximum atomic E-state index is 12.5. The van der Waals surface area contributed by atoms with Crippen LogP contribution in [0.1, 0.15) is 46.0 Å². The highest BCUT2D eigenvalue weighted by Gasteiger charge is 2.30. The Balaban J connectivity index is 1.68. The van der Waals surface area contributed by atoms with E-state index in [1.807, 2.05) is 11.9 Å². The van der Waals surface area contributed by atoms with Gasteiger partial charge in [0.2, 0.25) is 0 Å². The average Bonchev–Trinajstić information content (AvgIpc) is 3.23. The normalized spacial score (nSPS) is 21.2. The van der Waals surface area contributed by atoms with Gasteiger partial charge in [-0.3, -0.25) is 9.79 Å². The van der Waals surface area contributed by atoms with Crippen LogP contribution in [0.25, 0.3) is 0 Å². The van der Waals surface area contributed by atoms with Crippen molar-refractivity contribution in [1.82, 2.24) is 20.0 Å². The molecule has 1 atom stereocenters. The van der Waals surface area contributed by atoms with Crippen LogP contribution < -0.4 is 5.32 Å².